The van der Waals surface area contributed by atoms with Crippen molar-refractivity contribution in [2.45, 2.75) is 38.0 Å². The molecule has 28 heavy (non-hydrogen) atoms. The molecule has 2 unspecified atom stereocenters. The highest BCUT2D eigenvalue weighted by atomic mass is 35.5. The van der Waals surface area contributed by atoms with Crippen LogP contribution in [-0.2, 0) is 6.54 Å². The van der Waals surface area contributed by atoms with Crippen LogP contribution in [0.3, 0.4) is 0 Å². The smallest absolute Gasteiger partial charge is 0.213 e. The van der Waals surface area contributed by atoms with Gasteiger partial charge in [0, 0.05) is 29.3 Å². The Kier molecular flexibility index (Phi) is 5.68. The third-order valence-corrected chi connectivity index (χ3v) is 6.53. The Labute approximate surface area is 173 Å². The van der Waals surface area contributed by atoms with Crippen LogP contribution in [0.2, 0.25) is 0 Å². The minimum absolute atomic E-state index is 0. The molecule has 3 nitrogen and oxygen atoms in total. The van der Waals surface area contributed by atoms with E-state index in [4.69, 9.17) is 0 Å². The van der Waals surface area contributed by atoms with Gasteiger partial charge in [0.05, 0.1) is 11.5 Å². The van der Waals surface area contributed by atoms with Crippen LogP contribution in [0, 0.1) is 5.92 Å². The first-order chi connectivity index (χ1) is 13.3. The molecule has 3 fully saturated rings. The topological polar surface area (TPSA) is 27.4 Å². The number of rotatable bonds is 4. The van der Waals surface area contributed by atoms with Crippen LogP contribution < -0.4 is 17.0 Å². The molecular weight excluding hydrogens is 368 g/mol. The summed E-state index contributed by atoms with van der Waals surface area (Å²) in [5, 5.41) is 12.5. The number of hydrogen-bond donors (Lipinski definition) is 1. The van der Waals surface area contributed by atoms with Gasteiger partial charge >= 0.3 is 0 Å². The Morgan fingerprint density at radius 2 is 1.68 bits per heavy atom. The summed E-state index contributed by atoms with van der Waals surface area (Å²) in [5.41, 5.74) is 3.55. The highest BCUT2D eigenvalue weighted by Crippen LogP contribution is 2.38. The molecule has 1 aromatic heterocycles. The number of aliphatic hydroxyl groups is 1. The Hall–Kier alpha value is -1.94. The maximum Gasteiger partial charge on any atom is 0.213 e. The second kappa shape index (κ2) is 8.20. The van der Waals surface area contributed by atoms with E-state index in [2.05, 4.69) is 76.3 Å². The monoisotopic (exact) mass is 394 g/mol. The predicted octanol–water partition coefficient (Wildman–Crippen LogP) is 0.697. The van der Waals surface area contributed by atoms with Crippen LogP contribution in [0.4, 0.5) is 0 Å². The van der Waals surface area contributed by atoms with E-state index in [0.717, 1.165) is 37.5 Å². The summed E-state index contributed by atoms with van der Waals surface area (Å²) in [6.07, 6.45) is 5.47. The van der Waals surface area contributed by atoms with E-state index in [1.807, 2.05) is 0 Å². The Morgan fingerprint density at radius 1 is 0.964 bits per heavy atom. The van der Waals surface area contributed by atoms with Gasteiger partial charge in [0.2, 0.25) is 5.52 Å². The molecule has 0 radical (unpaired) electrons. The molecule has 0 amide bonds. The van der Waals surface area contributed by atoms with Crippen LogP contribution in [0.1, 0.15) is 36.5 Å². The van der Waals surface area contributed by atoms with Gasteiger partial charge in [-0.1, -0.05) is 42.5 Å². The van der Waals surface area contributed by atoms with E-state index >= 15 is 0 Å². The van der Waals surface area contributed by atoms with Gasteiger partial charge in [0.15, 0.2) is 12.7 Å². The molecule has 1 N–H and O–H groups in total. The molecule has 3 saturated heterocycles. The molecule has 3 aliphatic heterocycles. The van der Waals surface area contributed by atoms with Gasteiger partial charge in [-0.25, -0.2) is 0 Å². The lowest BCUT2D eigenvalue weighted by Gasteiger charge is -2.47. The van der Waals surface area contributed by atoms with Crippen LogP contribution in [0.25, 0.3) is 10.9 Å². The lowest BCUT2D eigenvalue weighted by Crippen LogP contribution is -3.00. The number of aliphatic hydroxyl groups excluding tert-OH is 1. The molecule has 2 aromatic carbocycles. The first-order valence-electron chi connectivity index (χ1n) is 10.2. The normalized spacial score (nSPS) is 24.7. The van der Waals surface area contributed by atoms with E-state index in [9.17, 15) is 5.11 Å². The summed E-state index contributed by atoms with van der Waals surface area (Å²) >= 11 is 0. The second-order valence-corrected chi connectivity index (χ2v) is 8.13. The highest BCUT2D eigenvalue weighted by molar-refractivity contribution is 5.79. The Bertz CT molecular complexity index is 938. The lowest BCUT2D eigenvalue weighted by atomic mass is 9.79. The van der Waals surface area contributed by atoms with Crippen molar-refractivity contribution in [3.63, 3.8) is 0 Å². The molecule has 4 heteroatoms. The fourth-order valence-corrected chi connectivity index (χ4v) is 5.03. The zero-order chi connectivity index (χ0) is 18.2. The molecule has 6 rings (SSSR count). The third kappa shape index (κ3) is 3.55. The number of nitrogens with zero attached hydrogens (tertiary/aromatic N) is 2. The van der Waals surface area contributed by atoms with E-state index in [1.165, 1.54) is 29.3 Å². The van der Waals surface area contributed by atoms with Crippen molar-refractivity contribution in [1.82, 2.24) is 4.90 Å². The van der Waals surface area contributed by atoms with Crippen molar-refractivity contribution in [1.29, 1.82) is 0 Å². The average molecular weight is 395 g/mol. The van der Waals surface area contributed by atoms with E-state index in [0.29, 0.717) is 0 Å². The number of fused-ring (bicyclic) bond motifs is 4. The van der Waals surface area contributed by atoms with Crippen molar-refractivity contribution in [3.8, 4) is 0 Å². The second-order valence-electron chi connectivity index (χ2n) is 8.13. The van der Waals surface area contributed by atoms with Crippen LogP contribution >= 0.6 is 0 Å². The Morgan fingerprint density at radius 3 is 2.39 bits per heavy atom. The minimum Gasteiger partial charge on any atom is -1.00 e. The summed E-state index contributed by atoms with van der Waals surface area (Å²) in [7, 11) is 0. The number of aromatic nitrogens is 1. The van der Waals surface area contributed by atoms with Gasteiger partial charge in [-0.15, -0.1) is 0 Å². The third-order valence-electron chi connectivity index (χ3n) is 6.53. The molecule has 146 valence electrons. The summed E-state index contributed by atoms with van der Waals surface area (Å²) in [6, 6.07) is 21.5. The van der Waals surface area contributed by atoms with Gasteiger partial charge in [-0.2, -0.15) is 4.57 Å². The summed E-state index contributed by atoms with van der Waals surface area (Å²) in [4.78, 5) is 2.50. The maximum atomic E-state index is 11.3. The largest absolute Gasteiger partial charge is 1.00 e. The predicted molar refractivity (Wildman–Crippen MR) is 107 cm³/mol. The van der Waals surface area contributed by atoms with E-state index < -0.39 is 6.10 Å². The van der Waals surface area contributed by atoms with E-state index in [1.54, 1.807) is 0 Å². The van der Waals surface area contributed by atoms with Crippen molar-refractivity contribution < 1.29 is 22.1 Å². The molecule has 0 aliphatic carbocycles. The number of benzene rings is 2. The molecule has 3 aromatic rings. The molecular formula is C24H27ClN2O. The molecule has 0 spiro atoms. The maximum absolute atomic E-state index is 11.3. The SMILES string of the molecule is OC(c1cc[n+](Cc2ccccc2)c2ccccc12)C1CC2CCN1CC2.[Cl-]. The lowest BCUT2D eigenvalue weighted by molar-refractivity contribution is -0.662. The van der Waals surface area contributed by atoms with Gasteiger partial charge in [0.1, 0.15) is 0 Å². The minimum atomic E-state index is -0.413. The van der Waals surface area contributed by atoms with Crippen LogP contribution in [0.15, 0.2) is 66.9 Å². The summed E-state index contributed by atoms with van der Waals surface area (Å²) < 4.78 is 2.29. The van der Waals surface area contributed by atoms with Crippen LogP contribution in [-0.4, -0.2) is 29.1 Å². The number of hydrogen-bond acceptors (Lipinski definition) is 2. The fraction of sp³-hybridized carbons (Fsp3) is 0.375. The summed E-state index contributed by atoms with van der Waals surface area (Å²) in [5.74, 6) is 0.799. The molecule has 2 bridgehead atoms. The number of pyridine rings is 1. The highest BCUT2D eigenvalue weighted by Gasteiger charge is 2.38. The average Bonchev–Trinajstić information content (AvgIpc) is 2.75. The Balaban J connectivity index is 0.00000192. The van der Waals surface area contributed by atoms with Gasteiger partial charge in [0.25, 0.3) is 0 Å². The van der Waals surface area contributed by atoms with Crippen molar-refractivity contribution in [3.05, 3.63) is 78.0 Å². The first kappa shape index (κ1) is 19.4. The van der Waals surface area contributed by atoms with Crippen molar-refractivity contribution in [2.75, 3.05) is 13.1 Å². The fourth-order valence-electron chi connectivity index (χ4n) is 5.03. The molecule has 4 heterocycles. The van der Waals surface area contributed by atoms with Crippen molar-refractivity contribution >= 4 is 10.9 Å². The number of para-hydroxylation sites is 1. The standard InChI is InChI=1S/C24H27N2O.ClH/c27-24(23-16-18-10-13-25(23)14-11-18)21-12-15-26(17-19-6-2-1-3-7-19)22-9-5-4-8-20(21)22;/h1-9,12,15,18,23-24,27H,10-11,13-14,16-17H2;1H/q+1;/p-1. The van der Waals surface area contributed by atoms with Gasteiger partial charge < -0.3 is 17.5 Å². The van der Waals surface area contributed by atoms with E-state index in [-0.39, 0.29) is 18.4 Å². The summed E-state index contributed by atoms with van der Waals surface area (Å²) in [6.45, 7) is 3.13. The number of halogens is 1. The molecule has 0 saturated carbocycles. The zero-order valence-corrected chi connectivity index (χ0v) is 16.8. The molecule has 2 atom stereocenters. The first-order valence-corrected chi connectivity index (χ1v) is 10.2. The number of piperidine rings is 3. The zero-order valence-electron chi connectivity index (χ0n) is 16.0. The van der Waals surface area contributed by atoms with Crippen molar-refractivity contribution in [2.24, 2.45) is 5.92 Å². The van der Waals surface area contributed by atoms with Crippen LogP contribution in [0.5, 0.6) is 0 Å². The van der Waals surface area contributed by atoms with Gasteiger partial charge in [-0.3, -0.25) is 4.90 Å². The molecule has 3 aliphatic rings. The van der Waals surface area contributed by atoms with Gasteiger partial charge in [-0.05, 0) is 44.3 Å². The quantitative estimate of drug-likeness (QED) is 0.659.